The first-order valence-electron chi connectivity index (χ1n) is 23.5. The number of carboxylic acids is 1. The van der Waals surface area contributed by atoms with Crippen LogP contribution < -0.4 is 24.7 Å². The fourth-order valence-corrected chi connectivity index (χ4v) is 8.34. The van der Waals surface area contributed by atoms with E-state index in [9.17, 15) is 0 Å². The molecule has 8 heteroatoms. The first-order chi connectivity index (χ1) is 32.6. The molecule has 68 heavy (non-hydrogen) atoms. The van der Waals surface area contributed by atoms with Gasteiger partial charge in [-0.15, -0.1) is 0 Å². The summed E-state index contributed by atoms with van der Waals surface area (Å²) in [7, 11) is 16.7. The second kappa shape index (κ2) is 23.3. The Morgan fingerprint density at radius 2 is 0.676 bits per heavy atom. The zero-order chi connectivity index (χ0) is 48.9. The number of carbonyl (C=O) groups is 1. The molecule has 0 aromatic heterocycles. The average molecular weight is 906 g/mol. The second-order valence-corrected chi connectivity index (χ2v) is 17.9. The summed E-state index contributed by atoms with van der Waals surface area (Å²) < 4.78 is 4.29. The molecule has 5 aromatic carbocycles. The largest absolute Gasteiger partial charge is 0.550 e. The van der Waals surface area contributed by atoms with E-state index in [2.05, 4.69) is 269 Å². The molecule has 0 saturated carbocycles. The lowest BCUT2D eigenvalue weighted by Crippen LogP contribution is -2.23. The number of hydrogen-bond acceptors (Lipinski definition) is 6. The molecule has 0 heterocycles. The van der Waals surface area contributed by atoms with Crippen molar-refractivity contribution in [2.24, 2.45) is 0 Å². The molecule has 5 aromatic rings. The molecule has 0 saturated heterocycles. The van der Waals surface area contributed by atoms with Gasteiger partial charge in [-0.3, -0.25) is 0 Å². The Bertz CT molecular complexity index is 2550. The van der Waals surface area contributed by atoms with Crippen LogP contribution in [0.2, 0.25) is 0 Å². The molecule has 0 atom stereocenters. The summed E-state index contributed by atoms with van der Waals surface area (Å²) >= 11 is 0. The van der Waals surface area contributed by atoms with Crippen molar-refractivity contribution in [3.05, 3.63) is 214 Å². The molecular weight excluding hydrogens is 837 g/mol. The number of nitrogens with zero attached hydrogens (tertiary/aromatic N) is 6. The van der Waals surface area contributed by atoms with Crippen LogP contribution in [0.1, 0.15) is 54.2 Å². The van der Waals surface area contributed by atoms with E-state index in [1.54, 1.807) is 0 Å². The maximum Gasteiger partial charge on any atom is 0.199 e. The number of benzene rings is 5. The minimum atomic E-state index is -1.08. The number of carbonyl (C=O) groups excluding carboxylic acids is 1. The smallest absolute Gasteiger partial charge is 0.199 e. The summed E-state index contributed by atoms with van der Waals surface area (Å²) in [6.45, 7) is 8.97. The third-order valence-electron chi connectivity index (χ3n) is 12.3. The van der Waals surface area contributed by atoms with Crippen LogP contribution in [0.15, 0.2) is 181 Å². The summed E-state index contributed by atoms with van der Waals surface area (Å²) in [5.74, 6) is -1.08. The van der Waals surface area contributed by atoms with E-state index in [4.69, 9.17) is 9.90 Å². The van der Waals surface area contributed by atoms with Crippen LogP contribution >= 0.6 is 0 Å². The summed E-state index contributed by atoms with van der Waals surface area (Å²) in [6.07, 6.45) is 17.8. The summed E-state index contributed by atoms with van der Waals surface area (Å²) in [6, 6.07) is 45.2. The number of aliphatic carboxylic acids is 1. The van der Waals surface area contributed by atoms with Crippen molar-refractivity contribution in [1.82, 2.24) is 0 Å². The molecule has 0 amide bonds. The molecular formula is C60H69N6O2+. The zero-order valence-electron chi connectivity index (χ0n) is 42.0. The van der Waals surface area contributed by atoms with E-state index in [-0.39, 0.29) is 0 Å². The lowest BCUT2D eigenvalue weighted by atomic mass is 9.90. The van der Waals surface area contributed by atoms with E-state index >= 15 is 0 Å². The lowest BCUT2D eigenvalue weighted by Gasteiger charge is -2.25. The lowest BCUT2D eigenvalue weighted by molar-refractivity contribution is -0.462. The van der Waals surface area contributed by atoms with Crippen molar-refractivity contribution in [1.29, 1.82) is 0 Å². The monoisotopic (exact) mass is 906 g/mol. The molecule has 0 unspecified atom stereocenters. The fourth-order valence-electron chi connectivity index (χ4n) is 8.34. The molecule has 2 aliphatic carbocycles. The third kappa shape index (κ3) is 12.9. The molecule has 350 valence electrons. The van der Waals surface area contributed by atoms with Crippen molar-refractivity contribution < 1.29 is 19.1 Å². The van der Waals surface area contributed by atoms with Crippen LogP contribution in [0.5, 0.6) is 0 Å². The fraction of sp³-hybridized carbons (Fsp3) is 0.250. The van der Waals surface area contributed by atoms with Gasteiger partial charge in [0.25, 0.3) is 0 Å². The van der Waals surface area contributed by atoms with Crippen LogP contribution in [-0.2, 0) is 17.9 Å². The number of anilines is 4. The highest BCUT2D eigenvalue weighted by molar-refractivity contribution is 6.04. The molecule has 0 aliphatic heterocycles. The van der Waals surface area contributed by atoms with Crippen LogP contribution in [0, 0.1) is 0 Å². The minimum Gasteiger partial charge on any atom is -0.550 e. The van der Waals surface area contributed by atoms with Gasteiger partial charge in [-0.1, -0.05) is 72.8 Å². The van der Waals surface area contributed by atoms with Crippen molar-refractivity contribution in [3.8, 4) is 0 Å². The average Bonchev–Trinajstić information content (AvgIpc) is 3.34. The van der Waals surface area contributed by atoms with Gasteiger partial charge in [-0.2, -0.15) is 0 Å². The van der Waals surface area contributed by atoms with E-state index in [1.807, 2.05) is 0 Å². The quantitative estimate of drug-likeness (QED) is 0.104. The predicted molar refractivity (Wildman–Crippen MR) is 288 cm³/mol. The SMILES string of the molecule is CC(=O)[O-].CCN(Cc1ccc(CN(CC)c2ccc(C(=C3C=CC(=[N+](C)C)C=C3)c3ccc(N(C)C)cc3)cc2)cc1)c1ccc(C(=C2C=CC(=[N+](C)C)C=C2)c2ccc(N(C)C)cc2)cc1. The van der Waals surface area contributed by atoms with Gasteiger partial charge in [0.1, 0.15) is 28.2 Å². The van der Waals surface area contributed by atoms with Gasteiger partial charge < -0.3 is 29.5 Å². The molecule has 0 bridgehead atoms. The summed E-state index contributed by atoms with van der Waals surface area (Å²) in [4.78, 5) is 18.1. The Hall–Kier alpha value is -7.45. The number of rotatable bonds is 14. The van der Waals surface area contributed by atoms with Crippen molar-refractivity contribution in [2.75, 3.05) is 89.1 Å². The van der Waals surface area contributed by atoms with E-state index in [0.29, 0.717) is 0 Å². The highest BCUT2D eigenvalue weighted by Crippen LogP contribution is 2.34. The predicted octanol–water partition coefficient (Wildman–Crippen LogP) is 9.91. The zero-order valence-corrected chi connectivity index (χ0v) is 42.0. The Morgan fingerprint density at radius 1 is 0.426 bits per heavy atom. The molecule has 0 spiro atoms. The van der Waals surface area contributed by atoms with Gasteiger partial charge in [0, 0.05) is 107 Å². The van der Waals surface area contributed by atoms with Crippen LogP contribution in [0.3, 0.4) is 0 Å². The molecule has 0 N–H and O–H groups in total. The van der Waals surface area contributed by atoms with Gasteiger partial charge in [0.05, 0.1) is 0 Å². The maximum atomic E-state index is 8.89. The summed E-state index contributed by atoms with van der Waals surface area (Å²) in [5.41, 5.74) is 19.5. The number of hydrogen-bond donors (Lipinski definition) is 0. The summed E-state index contributed by atoms with van der Waals surface area (Å²) in [5, 5.41) is 8.89. The van der Waals surface area contributed by atoms with Crippen LogP contribution in [0.25, 0.3) is 11.1 Å². The first-order valence-corrected chi connectivity index (χ1v) is 23.5. The Kier molecular flexibility index (Phi) is 17.1. The topological polar surface area (TPSA) is 59.1 Å². The van der Waals surface area contributed by atoms with Gasteiger partial charge in [-0.05, 0) is 149 Å². The van der Waals surface area contributed by atoms with Gasteiger partial charge >= 0.3 is 0 Å². The third-order valence-corrected chi connectivity index (χ3v) is 12.3. The van der Waals surface area contributed by atoms with Crippen molar-refractivity contribution in [2.45, 2.75) is 33.9 Å². The highest BCUT2D eigenvalue weighted by Gasteiger charge is 2.17. The molecule has 8 nitrogen and oxygen atoms in total. The number of allylic oxidation sites excluding steroid dienone is 10. The number of carboxylic acid groups (broad SMARTS) is 1. The van der Waals surface area contributed by atoms with Crippen LogP contribution in [-0.4, -0.2) is 96.0 Å². The van der Waals surface area contributed by atoms with Crippen LogP contribution in [0.4, 0.5) is 22.7 Å². The van der Waals surface area contributed by atoms with Crippen molar-refractivity contribution >= 4 is 51.3 Å². The van der Waals surface area contributed by atoms with E-state index < -0.39 is 5.97 Å². The standard InChI is InChI=1S/C58H66N6.C2H4O2/c1-11-63(55-37-25-49(26-38-55)57(45-17-29-51(30-18-45)59(3)4)46-19-31-52(32-20-46)60(5)6)41-43-13-15-44(16-14-43)42-64(12-2)56-39-27-50(28-40-56)58(47-21-33-53(34-22-47)61(7)8)48-23-35-54(36-24-48)62(9)10;1-2(3)4/h13-40H,11-12,41-42H2,1-10H3;1H3,(H,3,4)/q+2;/p-1. The Balaban J connectivity index is 0.00000183. The molecule has 0 fully saturated rings. The molecule has 0 radical (unpaired) electrons. The van der Waals surface area contributed by atoms with Crippen molar-refractivity contribution in [3.63, 3.8) is 0 Å². The first kappa shape index (κ1) is 50.0. The second-order valence-electron chi connectivity index (χ2n) is 17.9. The Morgan fingerprint density at radius 3 is 0.897 bits per heavy atom. The van der Waals surface area contributed by atoms with E-state index in [1.165, 1.54) is 89.8 Å². The molecule has 7 rings (SSSR count). The van der Waals surface area contributed by atoms with Gasteiger partial charge in [0.2, 0.25) is 0 Å². The Labute approximate surface area is 406 Å². The van der Waals surface area contributed by atoms with Gasteiger partial charge in [-0.25, -0.2) is 9.15 Å². The maximum absolute atomic E-state index is 8.89. The van der Waals surface area contributed by atoms with E-state index in [0.717, 1.165) is 33.1 Å². The van der Waals surface area contributed by atoms with Gasteiger partial charge in [0.15, 0.2) is 11.4 Å². The molecule has 2 aliphatic rings. The normalized spacial score (nSPS) is 12.6. The minimum absolute atomic E-state index is 0.845. The highest BCUT2D eigenvalue weighted by atomic mass is 16.4.